The molecule has 1 aliphatic heterocycles. The van der Waals surface area contributed by atoms with E-state index < -0.39 is 21.0 Å². The van der Waals surface area contributed by atoms with Crippen LogP contribution < -0.4 is 15.4 Å². The van der Waals surface area contributed by atoms with Gasteiger partial charge in [-0.25, -0.2) is 13.2 Å². The van der Waals surface area contributed by atoms with Gasteiger partial charge in [-0.3, -0.25) is 10.1 Å². The van der Waals surface area contributed by atoms with Crippen LogP contribution in [-0.2, 0) is 16.6 Å². The maximum absolute atomic E-state index is 12.7. The normalized spacial score (nSPS) is 14.6. The van der Waals surface area contributed by atoms with E-state index in [0.717, 1.165) is 19.3 Å². The van der Waals surface area contributed by atoms with Crippen LogP contribution in [0.4, 0.5) is 16.2 Å². The van der Waals surface area contributed by atoms with Crippen LogP contribution in [0.25, 0.3) is 0 Å². The molecule has 0 bridgehead atoms. The first-order valence-electron chi connectivity index (χ1n) is 9.77. The van der Waals surface area contributed by atoms with E-state index in [1.54, 1.807) is 12.1 Å². The van der Waals surface area contributed by atoms with Gasteiger partial charge < -0.3 is 15.4 Å². The highest BCUT2D eigenvalue weighted by molar-refractivity contribution is 7.89. The van der Waals surface area contributed by atoms with Gasteiger partial charge in [-0.05, 0) is 42.7 Å². The minimum atomic E-state index is -3.51. The highest BCUT2D eigenvalue weighted by Crippen LogP contribution is 2.28. The molecule has 2 aromatic carbocycles. The lowest BCUT2D eigenvalue weighted by molar-refractivity contribution is -0.384. The molecule has 0 spiro atoms. The van der Waals surface area contributed by atoms with Gasteiger partial charge in [-0.15, -0.1) is 0 Å². The fourth-order valence-electron chi connectivity index (χ4n) is 3.28. The van der Waals surface area contributed by atoms with Gasteiger partial charge >= 0.3 is 6.03 Å². The minimum absolute atomic E-state index is 0.0336. The average molecular weight is 449 g/mol. The third-order valence-electron chi connectivity index (χ3n) is 4.98. The van der Waals surface area contributed by atoms with Crippen molar-refractivity contribution in [1.29, 1.82) is 0 Å². The largest absolute Gasteiger partial charge is 0.496 e. The zero-order valence-electron chi connectivity index (χ0n) is 17.0. The number of nitrogens with one attached hydrogen (secondary N) is 2. The Balaban J connectivity index is 1.60. The molecule has 3 rings (SSSR count). The van der Waals surface area contributed by atoms with Gasteiger partial charge in [0.1, 0.15) is 11.4 Å². The van der Waals surface area contributed by atoms with Crippen molar-refractivity contribution in [2.45, 2.75) is 30.7 Å². The van der Waals surface area contributed by atoms with E-state index >= 15 is 0 Å². The van der Waals surface area contributed by atoms with E-state index in [2.05, 4.69) is 10.6 Å². The number of ether oxygens (including phenoxy) is 1. The summed E-state index contributed by atoms with van der Waals surface area (Å²) >= 11 is 0. The quantitative estimate of drug-likeness (QED) is 0.494. The number of rotatable bonds is 7. The Labute approximate surface area is 180 Å². The molecule has 2 aromatic rings. The lowest BCUT2D eigenvalue weighted by atomic mass is 10.2. The van der Waals surface area contributed by atoms with Crippen molar-refractivity contribution in [2.75, 3.05) is 25.5 Å². The molecule has 0 atom stereocenters. The number of nitro groups is 1. The smallest absolute Gasteiger partial charge is 0.319 e. The lowest BCUT2D eigenvalue weighted by Crippen LogP contribution is -2.35. The van der Waals surface area contributed by atoms with Gasteiger partial charge in [0.2, 0.25) is 10.0 Å². The Bertz CT molecular complexity index is 1050. The van der Waals surface area contributed by atoms with Crippen molar-refractivity contribution in [3.05, 3.63) is 58.1 Å². The number of benzene rings is 2. The molecule has 1 fully saturated rings. The van der Waals surface area contributed by atoms with Crippen LogP contribution in [0, 0.1) is 10.1 Å². The molecule has 2 amide bonds. The van der Waals surface area contributed by atoms with Crippen molar-refractivity contribution in [3.63, 3.8) is 0 Å². The van der Waals surface area contributed by atoms with E-state index in [1.807, 2.05) is 0 Å². The second kappa shape index (κ2) is 9.75. The molecule has 0 aliphatic carbocycles. The number of carbonyl (C=O) groups excluding carboxylic acids is 1. The number of carbonyl (C=O) groups is 1. The fraction of sp³-hybridized carbons (Fsp3) is 0.350. The molecule has 2 N–H and O–H groups in total. The van der Waals surface area contributed by atoms with Gasteiger partial charge in [0.25, 0.3) is 5.69 Å². The summed E-state index contributed by atoms with van der Waals surface area (Å²) in [6.07, 6.45) is 2.77. The number of methoxy groups -OCH3 is 1. The molecule has 0 radical (unpaired) electrons. The van der Waals surface area contributed by atoms with E-state index in [1.165, 1.54) is 41.7 Å². The lowest BCUT2D eigenvalue weighted by Gasteiger charge is -2.25. The van der Waals surface area contributed by atoms with Crippen molar-refractivity contribution < 1.29 is 22.9 Å². The Hall–Kier alpha value is -3.18. The molecule has 0 saturated carbocycles. The number of nitro benzene ring substituents is 1. The summed E-state index contributed by atoms with van der Waals surface area (Å²) in [7, 11) is -2.12. The summed E-state index contributed by atoms with van der Waals surface area (Å²) in [4.78, 5) is 23.0. The van der Waals surface area contributed by atoms with E-state index in [9.17, 15) is 23.3 Å². The first-order valence-corrected chi connectivity index (χ1v) is 11.2. The molecule has 1 aliphatic rings. The summed E-state index contributed by atoms with van der Waals surface area (Å²) in [5, 5.41) is 16.2. The van der Waals surface area contributed by atoms with E-state index in [4.69, 9.17) is 4.74 Å². The van der Waals surface area contributed by atoms with E-state index in [0.29, 0.717) is 24.4 Å². The zero-order chi connectivity index (χ0) is 22.4. The minimum Gasteiger partial charge on any atom is -0.496 e. The highest BCUT2D eigenvalue weighted by atomic mass is 32.2. The summed E-state index contributed by atoms with van der Waals surface area (Å²) in [6.45, 7) is 1.19. The second-order valence-electron chi connectivity index (χ2n) is 7.06. The SMILES string of the molecule is COc1ccc(NC(=O)NCc2ccc(S(=O)(=O)N3CCCCC3)cc2)c([N+](=O)[O-])c1. The van der Waals surface area contributed by atoms with Gasteiger partial charge in [0.15, 0.2) is 0 Å². The number of hydrogen-bond acceptors (Lipinski definition) is 6. The first-order chi connectivity index (χ1) is 14.8. The maximum atomic E-state index is 12.7. The number of sulfonamides is 1. The number of anilines is 1. The Morgan fingerprint density at radius 3 is 2.42 bits per heavy atom. The van der Waals surface area contributed by atoms with Crippen LogP contribution in [0.5, 0.6) is 5.75 Å². The molecule has 0 aromatic heterocycles. The number of nitrogens with zero attached hydrogens (tertiary/aromatic N) is 2. The molecular weight excluding hydrogens is 424 g/mol. The molecular formula is C20H24N4O6S. The topological polar surface area (TPSA) is 131 Å². The predicted molar refractivity (Wildman–Crippen MR) is 115 cm³/mol. The summed E-state index contributed by atoms with van der Waals surface area (Å²) in [5.41, 5.74) is 0.435. The average Bonchev–Trinajstić information content (AvgIpc) is 2.78. The van der Waals surface area contributed by atoms with Crippen LogP contribution in [0.2, 0.25) is 0 Å². The second-order valence-corrected chi connectivity index (χ2v) is 8.99. The van der Waals surface area contributed by atoms with Gasteiger partial charge in [-0.1, -0.05) is 18.6 Å². The van der Waals surface area contributed by atoms with Gasteiger partial charge in [0, 0.05) is 19.6 Å². The van der Waals surface area contributed by atoms with Crippen LogP contribution in [0.1, 0.15) is 24.8 Å². The molecule has 1 heterocycles. The Kier molecular flexibility index (Phi) is 7.08. The number of piperidine rings is 1. The van der Waals surface area contributed by atoms with Crippen molar-refractivity contribution >= 4 is 27.4 Å². The molecule has 31 heavy (non-hydrogen) atoms. The van der Waals surface area contributed by atoms with Gasteiger partial charge in [-0.2, -0.15) is 4.31 Å². The highest BCUT2D eigenvalue weighted by Gasteiger charge is 2.25. The zero-order valence-corrected chi connectivity index (χ0v) is 17.9. The summed E-state index contributed by atoms with van der Waals surface area (Å²) in [5.74, 6) is 0.303. The third kappa shape index (κ3) is 5.50. The molecule has 1 saturated heterocycles. The van der Waals surface area contributed by atoms with Crippen LogP contribution >= 0.6 is 0 Å². The molecule has 11 heteroatoms. The van der Waals surface area contributed by atoms with Crippen molar-refractivity contribution in [1.82, 2.24) is 9.62 Å². The van der Waals surface area contributed by atoms with Crippen molar-refractivity contribution in [3.8, 4) is 5.75 Å². The molecule has 10 nitrogen and oxygen atoms in total. The first kappa shape index (κ1) is 22.5. The van der Waals surface area contributed by atoms with Crippen LogP contribution in [-0.4, -0.2) is 43.9 Å². The summed E-state index contributed by atoms with van der Waals surface area (Å²) in [6, 6.07) is 9.79. The Morgan fingerprint density at radius 2 is 1.81 bits per heavy atom. The fourth-order valence-corrected chi connectivity index (χ4v) is 4.79. The van der Waals surface area contributed by atoms with Crippen LogP contribution in [0.3, 0.4) is 0 Å². The molecule has 166 valence electrons. The molecule has 0 unspecified atom stereocenters. The monoisotopic (exact) mass is 448 g/mol. The number of amides is 2. The number of hydrogen-bond donors (Lipinski definition) is 2. The van der Waals surface area contributed by atoms with E-state index in [-0.39, 0.29) is 22.8 Å². The number of urea groups is 1. The summed E-state index contributed by atoms with van der Waals surface area (Å²) < 4.78 is 31.8. The van der Waals surface area contributed by atoms with Crippen molar-refractivity contribution in [2.24, 2.45) is 0 Å². The van der Waals surface area contributed by atoms with Gasteiger partial charge in [0.05, 0.1) is 23.0 Å². The maximum Gasteiger partial charge on any atom is 0.319 e. The standard InChI is InChI=1S/C20H24N4O6S/c1-30-16-7-10-18(19(13-16)24(26)27)22-20(25)21-14-15-5-8-17(9-6-15)31(28,29)23-11-3-2-4-12-23/h5-10,13H,2-4,11-12,14H2,1H3,(H2,21,22,25). The predicted octanol–water partition coefficient (Wildman–Crippen LogP) is 3.10. The third-order valence-corrected chi connectivity index (χ3v) is 6.89. The van der Waals surface area contributed by atoms with Crippen LogP contribution in [0.15, 0.2) is 47.4 Å². The Morgan fingerprint density at radius 1 is 1.13 bits per heavy atom.